The van der Waals surface area contributed by atoms with Gasteiger partial charge in [-0.3, -0.25) is 14.5 Å². The maximum absolute atomic E-state index is 12.5. The maximum Gasteiger partial charge on any atom is 0.236 e. The van der Waals surface area contributed by atoms with Crippen molar-refractivity contribution < 1.29 is 29.2 Å². The number of thioether (sulfide) groups is 1. The van der Waals surface area contributed by atoms with E-state index in [4.69, 9.17) is 0 Å². The number of hydrogen-bond acceptors (Lipinski definition) is 6. The first-order valence-electron chi connectivity index (χ1n) is 9.09. The number of carboxylic acid groups (broad SMARTS) is 1. The largest absolute Gasteiger partial charge is 0.543 e. The number of rotatable bonds is 6. The first-order valence-corrected chi connectivity index (χ1v) is 9.97. The number of benzene rings is 1. The Morgan fingerprint density at radius 2 is 1.86 bits per heavy atom. The molecule has 29 heavy (non-hydrogen) atoms. The van der Waals surface area contributed by atoms with Crippen LogP contribution in [0.15, 0.2) is 60.6 Å². The van der Waals surface area contributed by atoms with Crippen LogP contribution in [0, 0.1) is 5.92 Å². The monoisotopic (exact) mass is 410 g/mol. The summed E-state index contributed by atoms with van der Waals surface area (Å²) in [5.74, 6) is -2.57. The molecule has 1 N–H and O–H groups in total. The zero-order chi connectivity index (χ0) is 20.7. The third kappa shape index (κ3) is 3.34. The molecular weight excluding hydrogens is 392 g/mol. The second kappa shape index (κ2) is 7.46. The number of aromatic nitrogens is 1. The van der Waals surface area contributed by atoms with Crippen LogP contribution >= 0.6 is 11.8 Å². The Balaban J connectivity index is 1.58. The Labute approximate surface area is 171 Å². The highest BCUT2D eigenvalue weighted by molar-refractivity contribution is 8.09. The van der Waals surface area contributed by atoms with Crippen LogP contribution in [0.25, 0.3) is 4.91 Å². The minimum absolute atomic E-state index is 0.0749. The van der Waals surface area contributed by atoms with Gasteiger partial charge in [0.2, 0.25) is 18.2 Å². The first kappa shape index (κ1) is 19.4. The number of aliphatic hydroxyl groups excluding tert-OH is 1. The standard InChI is InChI=1S/C21H18N2O5S/c1-12(24)16-19(26)23-17(21(27)28)18(29-20(16)23)14-7-5-13(6-8-14)15(25)11-22-9-3-2-4-10-22/h2-10,12,16,20,24H,11H2,1H3/t12-,16+,20-/m1/s1. The number of ketones is 1. The molecule has 2 aliphatic heterocycles. The van der Waals surface area contributed by atoms with Crippen molar-refractivity contribution in [1.82, 2.24) is 4.90 Å². The van der Waals surface area contributed by atoms with Crippen LogP contribution in [-0.2, 0) is 16.1 Å². The lowest BCUT2D eigenvalue weighted by Crippen LogP contribution is -2.61. The zero-order valence-electron chi connectivity index (χ0n) is 15.5. The summed E-state index contributed by atoms with van der Waals surface area (Å²) >= 11 is 1.22. The highest BCUT2D eigenvalue weighted by Crippen LogP contribution is 2.53. The first-order chi connectivity index (χ1) is 13.9. The van der Waals surface area contributed by atoms with Crippen LogP contribution in [0.4, 0.5) is 0 Å². The van der Waals surface area contributed by atoms with E-state index in [1.54, 1.807) is 41.2 Å². The SMILES string of the molecule is C[C@@H](O)[C@H]1C(=O)N2C(C(=O)[O-])=C(c3ccc(C(=O)C[n+]4ccccc4)cc3)S[C@H]12. The normalized spacial score (nSPS) is 21.6. The van der Waals surface area contributed by atoms with Crippen molar-refractivity contribution >= 4 is 34.3 Å². The number of carboxylic acids is 1. The van der Waals surface area contributed by atoms with Crippen LogP contribution in [0.1, 0.15) is 22.8 Å². The molecule has 8 heteroatoms. The van der Waals surface area contributed by atoms with E-state index < -0.39 is 29.3 Å². The van der Waals surface area contributed by atoms with Crippen LogP contribution < -0.4 is 9.67 Å². The topological polar surface area (TPSA) is 102 Å². The molecule has 0 spiro atoms. The van der Waals surface area contributed by atoms with Crippen molar-refractivity contribution in [2.24, 2.45) is 5.92 Å². The third-order valence-electron chi connectivity index (χ3n) is 5.06. The number of aliphatic hydroxyl groups is 1. The van der Waals surface area contributed by atoms with Crippen molar-refractivity contribution in [2.45, 2.75) is 24.9 Å². The molecule has 0 bridgehead atoms. The molecule has 1 amide bonds. The molecule has 1 aromatic carbocycles. The molecule has 0 radical (unpaired) electrons. The Hall–Kier alpha value is -2.97. The Morgan fingerprint density at radius 1 is 1.21 bits per heavy atom. The van der Waals surface area contributed by atoms with Gasteiger partial charge in [-0.2, -0.15) is 4.57 Å². The van der Waals surface area contributed by atoms with Gasteiger partial charge in [-0.25, -0.2) is 0 Å². The zero-order valence-corrected chi connectivity index (χ0v) is 16.3. The summed E-state index contributed by atoms with van der Waals surface area (Å²) in [6.07, 6.45) is 2.74. The minimum atomic E-state index is -1.44. The highest BCUT2D eigenvalue weighted by atomic mass is 32.2. The molecule has 0 unspecified atom stereocenters. The number of nitrogens with zero attached hydrogens (tertiary/aromatic N) is 2. The summed E-state index contributed by atoms with van der Waals surface area (Å²) in [4.78, 5) is 38.0. The number of hydrogen-bond donors (Lipinski definition) is 1. The van der Waals surface area contributed by atoms with Crippen LogP contribution in [0.3, 0.4) is 0 Å². The van der Waals surface area contributed by atoms with E-state index in [2.05, 4.69) is 0 Å². The van der Waals surface area contributed by atoms with Gasteiger partial charge in [0, 0.05) is 22.6 Å². The molecule has 2 aromatic rings. The van der Waals surface area contributed by atoms with Crippen molar-refractivity contribution in [3.8, 4) is 0 Å². The van der Waals surface area contributed by atoms with Crippen molar-refractivity contribution in [3.05, 3.63) is 71.7 Å². The number of aliphatic carboxylic acids is 1. The van der Waals surface area contributed by atoms with Crippen molar-refractivity contribution in [3.63, 3.8) is 0 Å². The number of carbonyl (C=O) groups excluding carboxylic acids is 3. The number of amides is 1. The van der Waals surface area contributed by atoms with E-state index in [1.807, 2.05) is 18.2 Å². The lowest BCUT2D eigenvalue weighted by molar-refractivity contribution is -0.683. The van der Waals surface area contributed by atoms with Crippen molar-refractivity contribution in [2.75, 3.05) is 0 Å². The van der Waals surface area contributed by atoms with Crippen LogP contribution in [0.2, 0.25) is 0 Å². The van der Waals surface area contributed by atoms with Gasteiger partial charge in [-0.1, -0.05) is 42.1 Å². The fourth-order valence-corrected chi connectivity index (χ4v) is 5.19. The molecule has 148 valence electrons. The Bertz CT molecular complexity index is 1020. The minimum Gasteiger partial charge on any atom is -0.543 e. The summed E-state index contributed by atoms with van der Waals surface area (Å²) in [6.45, 7) is 1.71. The summed E-state index contributed by atoms with van der Waals surface area (Å²) in [6, 6.07) is 12.2. The molecule has 1 aromatic heterocycles. The average Bonchev–Trinajstić information content (AvgIpc) is 3.04. The second-order valence-corrected chi connectivity index (χ2v) is 8.12. The molecule has 1 fully saturated rings. The number of β-lactam (4-membered cyclic amide) rings is 1. The molecule has 1 saturated heterocycles. The van der Waals surface area contributed by atoms with E-state index >= 15 is 0 Å². The second-order valence-electron chi connectivity index (χ2n) is 7.00. The molecule has 2 aliphatic rings. The van der Waals surface area contributed by atoms with Gasteiger partial charge < -0.3 is 15.0 Å². The third-order valence-corrected chi connectivity index (χ3v) is 6.47. The fraction of sp³-hybridized carbons (Fsp3) is 0.238. The highest BCUT2D eigenvalue weighted by Gasteiger charge is 2.56. The predicted molar refractivity (Wildman–Crippen MR) is 103 cm³/mol. The lowest BCUT2D eigenvalue weighted by atomic mass is 9.92. The summed E-state index contributed by atoms with van der Waals surface area (Å²) in [5, 5.41) is 21.0. The molecule has 4 rings (SSSR count). The van der Waals surface area contributed by atoms with E-state index in [0.29, 0.717) is 16.0 Å². The van der Waals surface area contributed by atoms with E-state index in [1.165, 1.54) is 23.6 Å². The number of fused-ring (bicyclic) bond motifs is 1. The van der Waals surface area contributed by atoms with Crippen LogP contribution in [0.5, 0.6) is 0 Å². The summed E-state index contributed by atoms with van der Waals surface area (Å²) < 4.78 is 1.77. The van der Waals surface area contributed by atoms with E-state index in [9.17, 15) is 24.6 Å². The Morgan fingerprint density at radius 3 is 2.45 bits per heavy atom. The van der Waals surface area contributed by atoms with Gasteiger partial charge in [0.15, 0.2) is 12.4 Å². The van der Waals surface area contributed by atoms with Gasteiger partial charge in [0.25, 0.3) is 0 Å². The molecule has 3 atom stereocenters. The summed E-state index contributed by atoms with van der Waals surface area (Å²) in [5.41, 5.74) is 0.912. The van der Waals surface area contributed by atoms with E-state index in [0.717, 1.165) is 0 Å². The van der Waals surface area contributed by atoms with Crippen molar-refractivity contribution in [1.29, 1.82) is 0 Å². The smallest absolute Gasteiger partial charge is 0.236 e. The maximum atomic E-state index is 12.5. The van der Waals surface area contributed by atoms with Gasteiger partial charge in [0.05, 0.1) is 23.7 Å². The lowest BCUT2D eigenvalue weighted by Gasteiger charge is -2.44. The van der Waals surface area contributed by atoms with E-state index in [-0.39, 0.29) is 18.0 Å². The molecule has 7 nitrogen and oxygen atoms in total. The quantitative estimate of drug-likeness (QED) is 0.414. The van der Waals surface area contributed by atoms with Crippen LogP contribution in [-0.4, -0.2) is 39.1 Å². The number of Topliss-reactive ketones (excluding diaryl/α,β-unsaturated/α-hetero) is 1. The molecule has 0 aliphatic carbocycles. The molecule has 3 heterocycles. The average molecular weight is 410 g/mol. The van der Waals surface area contributed by atoms with Gasteiger partial charge in [-0.15, -0.1) is 0 Å². The van der Waals surface area contributed by atoms with Gasteiger partial charge in [-0.05, 0) is 12.5 Å². The molecule has 0 saturated carbocycles. The predicted octanol–water partition coefficient (Wildman–Crippen LogP) is 0.188. The number of pyridine rings is 1. The summed E-state index contributed by atoms with van der Waals surface area (Å²) in [7, 11) is 0. The number of carbonyl (C=O) groups is 3. The Kier molecular flexibility index (Phi) is 4.97. The fourth-order valence-electron chi connectivity index (χ4n) is 3.58. The van der Waals surface area contributed by atoms with Gasteiger partial charge in [0.1, 0.15) is 5.37 Å². The van der Waals surface area contributed by atoms with Gasteiger partial charge >= 0.3 is 0 Å². The molecular formula is C21H18N2O5S.